The summed E-state index contributed by atoms with van der Waals surface area (Å²) < 4.78 is 41.6. The Morgan fingerprint density at radius 1 is 1.14 bits per heavy atom. The second-order valence-electron chi connectivity index (χ2n) is 6.41. The van der Waals surface area contributed by atoms with Crippen molar-refractivity contribution < 1.29 is 17.6 Å². The molecule has 1 aliphatic rings. The Hall–Kier alpha value is -3.00. The van der Waals surface area contributed by atoms with Crippen molar-refractivity contribution in [2.24, 2.45) is 4.40 Å². The van der Waals surface area contributed by atoms with E-state index in [4.69, 9.17) is 0 Å². The van der Waals surface area contributed by atoms with Gasteiger partial charge in [0.2, 0.25) is 5.91 Å². The van der Waals surface area contributed by atoms with E-state index in [1.807, 2.05) is 11.9 Å². The zero-order valence-electron chi connectivity index (χ0n) is 15.3. The predicted molar refractivity (Wildman–Crippen MR) is 107 cm³/mol. The lowest BCUT2D eigenvalue weighted by Crippen LogP contribution is -2.20. The number of anilines is 1. The van der Waals surface area contributed by atoms with Crippen molar-refractivity contribution in [2.75, 3.05) is 18.9 Å². The first kappa shape index (κ1) is 19.8. The molecule has 6 nitrogen and oxygen atoms in total. The fourth-order valence-electron chi connectivity index (χ4n) is 2.74. The van der Waals surface area contributed by atoms with Gasteiger partial charge in [-0.2, -0.15) is 8.42 Å². The van der Waals surface area contributed by atoms with Gasteiger partial charge in [-0.15, -0.1) is 4.40 Å². The molecular weight excluding hydrogens is 381 g/mol. The minimum absolute atomic E-state index is 0.0696. The van der Waals surface area contributed by atoms with Crippen molar-refractivity contribution in [3.8, 4) is 0 Å². The second kappa shape index (κ2) is 8.35. The van der Waals surface area contributed by atoms with Gasteiger partial charge in [-0.25, -0.2) is 4.39 Å². The summed E-state index contributed by atoms with van der Waals surface area (Å²) in [6.07, 6.45) is 4.41. The molecule has 2 aromatic carbocycles. The maximum absolute atomic E-state index is 12.9. The van der Waals surface area contributed by atoms with Crippen LogP contribution in [0.2, 0.25) is 0 Å². The van der Waals surface area contributed by atoms with E-state index in [9.17, 15) is 17.6 Å². The third-order valence-corrected chi connectivity index (χ3v) is 5.60. The Labute approximate surface area is 163 Å². The second-order valence-corrected chi connectivity index (χ2v) is 8.01. The molecule has 0 spiro atoms. The SMILES string of the molecule is CN1CCC/C1=N/S(=O)(=O)c1ccc(NC(=O)/C=C/c2ccc(F)cc2)cc1. The number of halogens is 1. The third-order valence-electron chi connectivity index (χ3n) is 4.28. The number of amides is 1. The predicted octanol–water partition coefficient (Wildman–Crippen LogP) is 3.29. The number of rotatable bonds is 5. The fraction of sp³-hybridized carbons (Fsp3) is 0.200. The Balaban J connectivity index is 1.65. The number of carbonyl (C=O) groups excluding carboxylic acids is 1. The van der Waals surface area contributed by atoms with Gasteiger partial charge in [-0.05, 0) is 54.5 Å². The number of amidine groups is 1. The summed E-state index contributed by atoms with van der Waals surface area (Å²) in [6.45, 7) is 0.796. The van der Waals surface area contributed by atoms with E-state index >= 15 is 0 Å². The van der Waals surface area contributed by atoms with Crippen molar-refractivity contribution in [1.82, 2.24) is 4.90 Å². The molecule has 0 atom stereocenters. The Morgan fingerprint density at radius 2 is 1.82 bits per heavy atom. The molecule has 3 rings (SSSR count). The maximum Gasteiger partial charge on any atom is 0.283 e. The topological polar surface area (TPSA) is 78.8 Å². The summed E-state index contributed by atoms with van der Waals surface area (Å²) in [7, 11) is -1.96. The standard InChI is InChI=1S/C20H20FN3O3S/c1-24-14-2-3-19(24)23-28(26,27)18-11-9-17(10-12-18)22-20(25)13-6-15-4-7-16(21)8-5-15/h4-13H,2-3,14H2,1H3,(H,22,25)/b13-6+,23-19-. The average Bonchev–Trinajstić information content (AvgIpc) is 3.06. The summed E-state index contributed by atoms with van der Waals surface area (Å²) in [5, 5.41) is 2.64. The third kappa shape index (κ3) is 5.04. The summed E-state index contributed by atoms with van der Waals surface area (Å²) >= 11 is 0. The first-order valence-electron chi connectivity index (χ1n) is 8.73. The van der Waals surface area contributed by atoms with Crippen LogP contribution in [0.4, 0.5) is 10.1 Å². The van der Waals surface area contributed by atoms with E-state index < -0.39 is 10.0 Å². The van der Waals surface area contributed by atoms with E-state index in [2.05, 4.69) is 9.71 Å². The summed E-state index contributed by atoms with van der Waals surface area (Å²) in [5.41, 5.74) is 1.15. The smallest absolute Gasteiger partial charge is 0.283 e. The number of nitrogens with one attached hydrogen (secondary N) is 1. The highest BCUT2D eigenvalue weighted by Gasteiger charge is 2.20. The van der Waals surface area contributed by atoms with Gasteiger partial charge in [0.1, 0.15) is 11.7 Å². The number of nitrogens with zero attached hydrogens (tertiary/aromatic N) is 2. The molecule has 1 fully saturated rings. The zero-order chi connectivity index (χ0) is 20.1. The number of carbonyl (C=O) groups is 1. The molecule has 0 unspecified atom stereocenters. The van der Waals surface area contributed by atoms with Gasteiger partial charge in [0, 0.05) is 31.8 Å². The highest BCUT2D eigenvalue weighted by molar-refractivity contribution is 7.90. The lowest BCUT2D eigenvalue weighted by atomic mass is 10.2. The number of hydrogen-bond donors (Lipinski definition) is 1. The molecular formula is C20H20FN3O3S. The molecule has 1 saturated heterocycles. The van der Waals surface area contributed by atoms with Crippen LogP contribution in [0.3, 0.4) is 0 Å². The van der Waals surface area contributed by atoms with Crippen LogP contribution in [0.15, 0.2) is 63.9 Å². The maximum atomic E-state index is 12.9. The van der Waals surface area contributed by atoms with Crippen molar-refractivity contribution in [2.45, 2.75) is 17.7 Å². The van der Waals surface area contributed by atoms with E-state index in [1.165, 1.54) is 42.5 Å². The molecule has 2 aromatic rings. The Kier molecular flexibility index (Phi) is 5.89. The van der Waals surface area contributed by atoms with Gasteiger partial charge in [-0.1, -0.05) is 12.1 Å². The van der Waals surface area contributed by atoms with Crippen LogP contribution < -0.4 is 5.32 Å². The average molecular weight is 401 g/mol. The summed E-state index contributed by atoms with van der Waals surface area (Å²) in [6, 6.07) is 11.6. The van der Waals surface area contributed by atoms with E-state index in [0.717, 1.165) is 13.0 Å². The highest BCUT2D eigenvalue weighted by atomic mass is 32.2. The Morgan fingerprint density at radius 3 is 2.43 bits per heavy atom. The molecule has 0 aromatic heterocycles. The highest BCUT2D eigenvalue weighted by Crippen LogP contribution is 2.19. The molecule has 1 amide bonds. The first-order valence-corrected chi connectivity index (χ1v) is 10.2. The van der Waals surface area contributed by atoms with Crippen molar-refractivity contribution >= 4 is 33.5 Å². The van der Waals surface area contributed by atoms with Crippen molar-refractivity contribution in [1.29, 1.82) is 0 Å². The number of benzene rings is 2. The summed E-state index contributed by atoms with van der Waals surface area (Å²) in [5.74, 6) is -0.169. The van der Waals surface area contributed by atoms with Crippen LogP contribution >= 0.6 is 0 Å². The molecule has 8 heteroatoms. The minimum atomic E-state index is -3.78. The number of sulfonamides is 1. The lowest BCUT2D eigenvalue weighted by Gasteiger charge is -2.11. The lowest BCUT2D eigenvalue weighted by molar-refractivity contribution is -0.111. The number of likely N-dealkylation sites (tertiary alicyclic amines) is 1. The van der Waals surface area contributed by atoms with Crippen LogP contribution in [0.1, 0.15) is 18.4 Å². The van der Waals surface area contributed by atoms with Gasteiger partial charge < -0.3 is 10.2 Å². The van der Waals surface area contributed by atoms with Gasteiger partial charge in [0.15, 0.2) is 0 Å². The monoisotopic (exact) mass is 401 g/mol. The molecule has 0 aliphatic carbocycles. The van der Waals surface area contributed by atoms with Gasteiger partial charge in [-0.3, -0.25) is 4.79 Å². The molecule has 146 valence electrons. The minimum Gasteiger partial charge on any atom is -0.362 e. The molecule has 1 N–H and O–H groups in total. The molecule has 0 bridgehead atoms. The van der Waals surface area contributed by atoms with Crippen molar-refractivity contribution in [3.63, 3.8) is 0 Å². The van der Waals surface area contributed by atoms with Crippen LogP contribution in [0.5, 0.6) is 0 Å². The fourth-order valence-corrected chi connectivity index (χ4v) is 3.83. The van der Waals surface area contributed by atoms with E-state index in [0.29, 0.717) is 23.5 Å². The molecule has 0 radical (unpaired) electrons. The number of hydrogen-bond acceptors (Lipinski definition) is 3. The summed E-state index contributed by atoms with van der Waals surface area (Å²) in [4.78, 5) is 13.9. The van der Waals surface area contributed by atoms with Crippen LogP contribution in [-0.4, -0.2) is 38.7 Å². The van der Waals surface area contributed by atoms with E-state index in [-0.39, 0.29) is 16.6 Å². The molecule has 1 aliphatic heterocycles. The van der Waals surface area contributed by atoms with Crippen LogP contribution in [0.25, 0.3) is 6.08 Å². The zero-order valence-corrected chi connectivity index (χ0v) is 16.1. The quantitative estimate of drug-likeness (QED) is 0.780. The van der Waals surface area contributed by atoms with Gasteiger partial charge in [0.25, 0.3) is 10.0 Å². The molecule has 28 heavy (non-hydrogen) atoms. The normalized spacial score (nSPS) is 16.1. The van der Waals surface area contributed by atoms with Gasteiger partial charge in [0.05, 0.1) is 4.90 Å². The van der Waals surface area contributed by atoms with E-state index in [1.54, 1.807) is 18.2 Å². The van der Waals surface area contributed by atoms with Gasteiger partial charge >= 0.3 is 0 Å². The molecule has 0 saturated carbocycles. The first-order chi connectivity index (χ1) is 13.3. The van der Waals surface area contributed by atoms with Crippen LogP contribution in [0, 0.1) is 5.82 Å². The van der Waals surface area contributed by atoms with Crippen LogP contribution in [-0.2, 0) is 14.8 Å². The Bertz CT molecular complexity index is 1010. The largest absolute Gasteiger partial charge is 0.362 e. The molecule has 1 heterocycles. The van der Waals surface area contributed by atoms with Crippen molar-refractivity contribution in [3.05, 3.63) is 66.0 Å².